The lowest BCUT2D eigenvalue weighted by molar-refractivity contribution is -0.143. The lowest BCUT2D eigenvalue weighted by Crippen LogP contribution is -2.52. The molecular weight excluding hydrogens is 196 g/mol. The van der Waals surface area contributed by atoms with Crippen molar-refractivity contribution in [2.45, 2.75) is 13.0 Å². The number of hydrogen-bond donors (Lipinski definition) is 1. The average molecular weight is 216 g/mol. The molecule has 5 nitrogen and oxygen atoms in total. The third-order valence-corrected chi connectivity index (χ3v) is 2.92. The van der Waals surface area contributed by atoms with Crippen molar-refractivity contribution in [3.8, 4) is 0 Å². The Balaban J connectivity index is 2.26. The summed E-state index contributed by atoms with van der Waals surface area (Å²) in [5.41, 5.74) is 0. The largest absolute Gasteiger partial charge is 0.480 e. The lowest BCUT2D eigenvalue weighted by Gasteiger charge is -2.36. The predicted octanol–water partition coefficient (Wildman–Crippen LogP) is -0.276. The normalized spacial score (nSPS) is 21.5. The molecule has 15 heavy (non-hydrogen) atoms. The van der Waals surface area contributed by atoms with Crippen molar-refractivity contribution in [1.82, 2.24) is 9.80 Å². The molecule has 1 N–H and O–H groups in total. The minimum absolute atomic E-state index is 0.366. The van der Waals surface area contributed by atoms with Gasteiger partial charge in [0.05, 0.1) is 6.61 Å². The highest BCUT2D eigenvalue weighted by Gasteiger charge is 2.24. The molecule has 88 valence electrons. The van der Waals surface area contributed by atoms with Crippen LogP contribution in [0.25, 0.3) is 0 Å². The van der Waals surface area contributed by atoms with Crippen LogP contribution in [0.1, 0.15) is 6.92 Å². The van der Waals surface area contributed by atoms with Crippen LogP contribution in [0.2, 0.25) is 0 Å². The molecule has 0 spiro atoms. The Bertz CT molecular complexity index is 203. The maximum Gasteiger partial charge on any atom is 0.320 e. The fourth-order valence-electron chi connectivity index (χ4n) is 1.75. The van der Waals surface area contributed by atoms with Crippen LogP contribution in [-0.2, 0) is 9.53 Å². The molecule has 0 radical (unpaired) electrons. The molecule has 0 amide bonds. The van der Waals surface area contributed by atoms with Crippen molar-refractivity contribution >= 4 is 5.97 Å². The second kappa shape index (κ2) is 6.05. The summed E-state index contributed by atoms with van der Waals surface area (Å²) >= 11 is 0. The fraction of sp³-hybridized carbons (Fsp3) is 0.900. The number of rotatable bonds is 5. The molecule has 0 aromatic carbocycles. The van der Waals surface area contributed by atoms with Gasteiger partial charge in [-0.1, -0.05) is 0 Å². The van der Waals surface area contributed by atoms with E-state index in [0.29, 0.717) is 0 Å². The van der Waals surface area contributed by atoms with Crippen molar-refractivity contribution < 1.29 is 14.6 Å². The number of methoxy groups -OCH3 is 1. The van der Waals surface area contributed by atoms with Gasteiger partial charge in [0.25, 0.3) is 0 Å². The van der Waals surface area contributed by atoms with Crippen LogP contribution in [0.15, 0.2) is 0 Å². The Morgan fingerprint density at radius 2 is 2.00 bits per heavy atom. The van der Waals surface area contributed by atoms with E-state index in [1.807, 2.05) is 4.90 Å². The monoisotopic (exact) mass is 216 g/mol. The minimum Gasteiger partial charge on any atom is -0.480 e. The van der Waals surface area contributed by atoms with Crippen LogP contribution in [-0.4, -0.2) is 73.4 Å². The molecule has 0 saturated carbocycles. The Labute approximate surface area is 90.6 Å². The summed E-state index contributed by atoms with van der Waals surface area (Å²) in [6, 6.07) is -0.366. The van der Waals surface area contributed by atoms with Crippen LogP contribution in [0.4, 0.5) is 0 Å². The Morgan fingerprint density at radius 3 is 2.47 bits per heavy atom. The Kier molecular flexibility index (Phi) is 5.01. The zero-order chi connectivity index (χ0) is 11.3. The topological polar surface area (TPSA) is 53.0 Å². The maximum absolute atomic E-state index is 10.8. The van der Waals surface area contributed by atoms with Gasteiger partial charge in [0.2, 0.25) is 0 Å². The van der Waals surface area contributed by atoms with Crippen molar-refractivity contribution in [3.05, 3.63) is 0 Å². The van der Waals surface area contributed by atoms with E-state index in [9.17, 15) is 4.79 Å². The van der Waals surface area contributed by atoms with Crippen molar-refractivity contribution in [1.29, 1.82) is 0 Å². The molecule has 1 saturated heterocycles. The molecular formula is C10H20N2O3. The van der Waals surface area contributed by atoms with E-state index < -0.39 is 5.97 Å². The summed E-state index contributed by atoms with van der Waals surface area (Å²) < 4.78 is 5.01. The van der Waals surface area contributed by atoms with Gasteiger partial charge in [-0.25, -0.2) is 0 Å². The van der Waals surface area contributed by atoms with Gasteiger partial charge in [-0.15, -0.1) is 0 Å². The molecule has 0 aromatic heterocycles. The van der Waals surface area contributed by atoms with Gasteiger partial charge in [0.1, 0.15) is 6.04 Å². The molecule has 0 bridgehead atoms. The molecule has 1 aliphatic heterocycles. The summed E-state index contributed by atoms with van der Waals surface area (Å²) in [5.74, 6) is -0.736. The second-order valence-electron chi connectivity index (χ2n) is 3.88. The van der Waals surface area contributed by atoms with Crippen molar-refractivity contribution in [3.63, 3.8) is 0 Å². The summed E-state index contributed by atoms with van der Waals surface area (Å²) in [6.07, 6.45) is 0. The summed E-state index contributed by atoms with van der Waals surface area (Å²) in [5, 5.41) is 8.87. The van der Waals surface area contributed by atoms with E-state index in [1.165, 1.54) is 0 Å². The first kappa shape index (κ1) is 12.4. The molecule has 1 aliphatic rings. The van der Waals surface area contributed by atoms with Crippen LogP contribution in [0.3, 0.4) is 0 Å². The summed E-state index contributed by atoms with van der Waals surface area (Å²) in [4.78, 5) is 15.1. The Morgan fingerprint density at radius 1 is 1.40 bits per heavy atom. The average Bonchev–Trinajstić information content (AvgIpc) is 2.26. The zero-order valence-corrected chi connectivity index (χ0v) is 9.48. The summed E-state index contributed by atoms with van der Waals surface area (Å²) in [6.45, 7) is 6.95. The number of hydrogen-bond acceptors (Lipinski definition) is 4. The molecule has 0 aliphatic carbocycles. The number of carboxylic acids is 1. The van der Waals surface area contributed by atoms with Gasteiger partial charge in [-0.2, -0.15) is 0 Å². The molecule has 5 heteroatoms. The minimum atomic E-state index is -0.736. The maximum atomic E-state index is 10.8. The predicted molar refractivity (Wildman–Crippen MR) is 57.0 cm³/mol. The lowest BCUT2D eigenvalue weighted by atomic mass is 10.2. The highest BCUT2D eigenvalue weighted by atomic mass is 16.5. The van der Waals surface area contributed by atoms with Gasteiger partial charge in [0.15, 0.2) is 0 Å². The molecule has 1 fully saturated rings. The smallest absolute Gasteiger partial charge is 0.320 e. The van der Waals surface area contributed by atoms with Crippen LogP contribution in [0.5, 0.6) is 0 Å². The zero-order valence-electron chi connectivity index (χ0n) is 9.48. The molecule has 1 heterocycles. The van der Waals surface area contributed by atoms with Crippen molar-refractivity contribution in [2.24, 2.45) is 0 Å². The van der Waals surface area contributed by atoms with Crippen LogP contribution < -0.4 is 0 Å². The molecule has 1 unspecified atom stereocenters. The number of carbonyl (C=O) groups is 1. The van der Waals surface area contributed by atoms with E-state index >= 15 is 0 Å². The Hall–Kier alpha value is -0.650. The standard InChI is InChI=1S/C10H20N2O3/c1-9(10(13)14)12-5-3-11(4-6-12)7-8-15-2/h9H,3-8H2,1-2H3,(H,13,14). The quantitative estimate of drug-likeness (QED) is 0.685. The van der Waals surface area contributed by atoms with E-state index in [-0.39, 0.29) is 6.04 Å². The highest BCUT2D eigenvalue weighted by molar-refractivity contribution is 5.72. The number of nitrogens with zero attached hydrogens (tertiary/aromatic N) is 2. The SMILES string of the molecule is COCCN1CCN(C(C)C(=O)O)CC1. The van der Waals surface area contributed by atoms with E-state index in [2.05, 4.69) is 4.90 Å². The molecule has 0 aromatic rings. The van der Waals surface area contributed by atoms with Crippen molar-refractivity contribution in [2.75, 3.05) is 46.4 Å². The van der Waals surface area contributed by atoms with Gasteiger partial charge in [-0.05, 0) is 6.92 Å². The van der Waals surface area contributed by atoms with E-state index in [1.54, 1.807) is 14.0 Å². The summed E-state index contributed by atoms with van der Waals surface area (Å²) in [7, 11) is 1.70. The fourth-order valence-corrected chi connectivity index (χ4v) is 1.75. The highest BCUT2D eigenvalue weighted by Crippen LogP contribution is 2.06. The van der Waals surface area contributed by atoms with Crippen LogP contribution >= 0.6 is 0 Å². The second-order valence-corrected chi connectivity index (χ2v) is 3.88. The number of piperazine rings is 1. The van der Waals surface area contributed by atoms with Gasteiger partial charge in [0, 0.05) is 39.8 Å². The molecule has 1 atom stereocenters. The van der Waals surface area contributed by atoms with Gasteiger partial charge < -0.3 is 9.84 Å². The first-order valence-electron chi connectivity index (χ1n) is 5.33. The van der Waals surface area contributed by atoms with Gasteiger partial charge >= 0.3 is 5.97 Å². The van der Waals surface area contributed by atoms with E-state index in [0.717, 1.165) is 39.3 Å². The molecule has 1 rings (SSSR count). The number of ether oxygens (including phenoxy) is 1. The third-order valence-electron chi connectivity index (χ3n) is 2.92. The number of carboxylic acid groups (broad SMARTS) is 1. The third kappa shape index (κ3) is 3.77. The first-order chi connectivity index (χ1) is 7.15. The first-order valence-corrected chi connectivity index (χ1v) is 5.33. The van der Waals surface area contributed by atoms with Gasteiger partial charge in [-0.3, -0.25) is 14.6 Å². The van der Waals surface area contributed by atoms with E-state index in [4.69, 9.17) is 9.84 Å². The number of aliphatic carboxylic acids is 1. The van der Waals surface area contributed by atoms with Crippen LogP contribution in [0, 0.1) is 0 Å².